The summed E-state index contributed by atoms with van der Waals surface area (Å²) in [7, 11) is 0. The van der Waals surface area contributed by atoms with Gasteiger partial charge in [-0.25, -0.2) is 0 Å². The van der Waals surface area contributed by atoms with Crippen molar-refractivity contribution >= 4 is 16.8 Å². The molecular weight excluding hydrogens is 192 g/mol. The molecule has 2 heterocycles. The van der Waals surface area contributed by atoms with Crippen molar-refractivity contribution in [2.24, 2.45) is 0 Å². The third-order valence-electron chi connectivity index (χ3n) is 2.36. The van der Waals surface area contributed by atoms with Gasteiger partial charge in [-0.1, -0.05) is 17.3 Å². The number of fused-ring (bicyclic) bond motifs is 1. The van der Waals surface area contributed by atoms with Gasteiger partial charge in [0, 0.05) is 10.9 Å². The highest BCUT2D eigenvalue weighted by Gasteiger charge is 2.10. The zero-order chi connectivity index (χ0) is 10.3. The summed E-state index contributed by atoms with van der Waals surface area (Å²) in [6.45, 7) is 0. The van der Waals surface area contributed by atoms with Crippen LogP contribution in [0.25, 0.3) is 22.1 Å². The van der Waals surface area contributed by atoms with E-state index in [9.17, 15) is 0 Å². The molecule has 0 spiro atoms. The van der Waals surface area contributed by atoms with E-state index in [0.717, 1.165) is 22.1 Å². The lowest BCUT2D eigenvalue weighted by Crippen LogP contribution is -1.87. The molecule has 0 fully saturated rings. The summed E-state index contributed by atoms with van der Waals surface area (Å²) >= 11 is 0. The largest absolute Gasteiger partial charge is 0.384 e. The van der Waals surface area contributed by atoms with E-state index in [4.69, 9.17) is 10.3 Å². The first-order chi connectivity index (χ1) is 7.36. The van der Waals surface area contributed by atoms with Crippen molar-refractivity contribution in [2.45, 2.75) is 0 Å². The normalized spacial score (nSPS) is 10.9. The molecule has 0 saturated heterocycles. The van der Waals surface area contributed by atoms with Crippen molar-refractivity contribution in [1.82, 2.24) is 15.4 Å². The summed E-state index contributed by atoms with van der Waals surface area (Å²) in [5.41, 5.74) is 8.34. The molecule has 0 aliphatic heterocycles. The van der Waals surface area contributed by atoms with Crippen LogP contribution in [0.15, 0.2) is 35.1 Å². The van der Waals surface area contributed by atoms with Crippen LogP contribution >= 0.6 is 0 Å². The van der Waals surface area contributed by atoms with E-state index in [0.29, 0.717) is 5.82 Å². The molecule has 0 radical (unpaired) electrons. The number of nitrogens with two attached hydrogens (primary N) is 1. The number of benzene rings is 1. The van der Waals surface area contributed by atoms with Gasteiger partial charge < -0.3 is 10.3 Å². The van der Waals surface area contributed by atoms with E-state index in [1.165, 1.54) is 0 Å². The van der Waals surface area contributed by atoms with Crippen LogP contribution in [0.4, 0.5) is 5.82 Å². The number of nitrogens with zero attached hydrogens (tertiary/aromatic N) is 2. The summed E-state index contributed by atoms with van der Waals surface area (Å²) in [6.07, 6.45) is 3.37. The molecule has 0 unspecified atom stereocenters. The van der Waals surface area contributed by atoms with Crippen molar-refractivity contribution in [1.29, 1.82) is 0 Å². The SMILES string of the molecule is Nc1[nH]ncc1-c1cccc2oncc12. The fourth-order valence-corrected chi connectivity index (χ4v) is 1.64. The Morgan fingerprint density at radius 1 is 1.20 bits per heavy atom. The third-order valence-corrected chi connectivity index (χ3v) is 2.36. The molecule has 3 rings (SSSR count). The molecule has 74 valence electrons. The highest BCUT2D eigenvalue weighted by atomic mass is 16.5. The average Bonchev–Trinajstić information content (AvgIpc) is 2.85. The number of hydrogen-bond donors (Lipinski definition) is 2. The smallest absolute Gasteiger partial charge is 0.167 e. The van der Waals surface area contributed by atoms with Gasteiger partial charge in [0.15, 0.2) is 5.58 Å². The molecule has 0 atom stereocenters. The number of rotatable bonds is 1. The highest BCUT2D eigenvalue weighted by molar-refractivity contribution is 5.95. The first kappa shape index (κ1) is 8.05. The van der Waals surface area contributed by atoms with Gasteiger partial charge in [0.1, 0.15) is 5.82 Å². The quantitative estimate of drug-likeness (QED) is 0.627. The van der Waals surface area contributed by atoms with Gasteiger partial charge in [0.25, 0.3) is 0 Å². The zero-order valence-corrected chi connectivity index (χ0v) is 7.77. The first-order valence-electron chi connectivity index (χ1n) is 4.49. The van der Waals surface area contributed by atoms with Crippen LogP contribution in [0.3, 0.4) is 0 Å². The number of hydrogen-bond acceptors (Lipinski definition) is 4. The molecule has 5 heteroatoms. The molecule has 1 aromatic carbocycles. The molecule has 3 N–H and O–H groups in total. The van der Waals surface area contributed by atoms with E-state index in [-0.39, 0.29) is 0 Å². The second kappa shape index (κ2) is 2.84. The Bertz CT molecular complexity index is 610. The van der Waals surface area contributed by atoms with Crippen LogP contribution in [0, 0.1) is 0 Å². The number of nitrogen functional groups attached to an aromatic ring is 1. The van der Waals surface area contributed by atoms with Gasteiger partial charge in [0.2, 0.25) is 0 Å². The molecule has 2 aromatic heterocycles. The molecule has 15 heavy (non-hydrogen) atoms. The summed E-state index contributed by atoms with van der Waals surface area (Å²) in [5.74, 6) is 0.545. The zero-order valence-electron chi connectivity index (χ0n) is 7.77. The van der Waals surface area contributed by atoms with Gasteiger partial charge >= 0.3 is 0 Å². The van der Waals surface area contributed by atoms with Crippen molar-refractivity contribution < 1.29 is 4.52 Å². The third kappa shape index (κ3) is 1.10. The number of anilines is 1. The van der Waals surface area contributed by atoms with Gasteiger partial charge in [-0.2, -0.15) is 5.10 Å². The lowest BCUT2D eigenvalue weighted by atomic mass is 10.1. The minimum Gasteiger partial charge on any atom is -0.384 e. The predicted molar refractivity (Wildman–Crippen MR) is 56.0 cm³/mol. The van der Waals surface area contributed by atoms with Crippen molar-refractivity contribution in [3.63, 3.8) is 0 Å². The van der Waals surface area contributed by atoms with Crippen LogP contribution < -0.4 is 5.73 Å². The second-order valence-corrected chi connectivity index (χ2v) is 3.24. The molecule has 5 nitrogen and oxygen atoms in total. The average molecular weight is 200 g/mol. The van der Waals surface area contributed by atoms with Crippen molar-refractivity contribution in [2.75, 3.05) is 5.73 Å². The fraction of sp³-hybridized carbons (Fsp3) is 0. The maximum Gasteiger partial charge on any atom is 0.167 e. The predicted octanol–water partition coefficient (Wildman–Crippen LogP) is 1.80. The van der Waals surface area contributed by atoms with E-state index in [1.54, 1.807) is 12.4 Å². The summed E-state index contributed by atoms with van der Waals surface area (Å²) in [4.78, 5) is 0. The Hall–Kier alpha value is -2.30. The van der Waals surface area contributed by atoms with Crippen LogP contribution in [0.1, 0.15) is 0 Å². The van der Waals surface area contributed by atoms with Gasteiger partial charge in [-0.05, 0) is 11.6 Å². The topological polar surface area (TPSA) is 80.7 Å². The monoisotopic (exact) mass is 200 g/mol. The van der Waals surface area contributed by atoms with Crippen LogP contribution in [-0.4, -0.2) is 15.4 Å². The lowest BCUT2D eigenvalue weighted by Gasteiger charge is -1.99. The Morgan fingerprint density at radius 3 is 2.93 bits per heavy atom. The Balaban J connectivity index is 2.36. The first-order valence-corrected chi connectivity index (χ1v) is 4.49. The molecule has 3 aromatic rings. The summed E-state index contributed by atoms with van der Waals surface area (Å²) < 4.78 is 5.08. The van der Waals surface area contributed by atoms with Crippen LogP contribution in [0.2, 0.25) is 0 Å². The van der Waals surface area contributed by atoms with Gasteiger partial charge in [-0.15, -0.1) is 0 Å². The van der Waals surface area contributed by atoms with E-state index in [2.05, 4.69) is 15.4 Å². The number of nitrogens with one attached hydrogen (secondary N) is 1. The van der Waals surface area contributed by atoms with Crippen molar-refractivity contribution in [3.8, 4) is 11.1 Å². The Morgan fingerprint density at radius 2 is 2.13 bits per heavy atom. The highest BCUT2D eigenvalue weighted by Crippen LogP contribution is 2.30. The maximum atomic E-state index is 5.76. The molecule has 0 amide bonds. The second-order valence-electron chi connectivity index (χ2n) is 3.24. The number of H-pyrrole nitrogens is 1. The van der Waals surface area contributed by atoms with Gasteiger partial charge in [-0.3, -0.25) is 5.10 Å². The van der Waals surface area contributed by atoms with E-state index in [1.807, 2.05) is 18.2 Å². The maximum absolute atomic E-state index is 5.76. The minimum atomic E-state index is 0.545. The molecule has 0 aliphatic rings. The van der Waals surface area contributed by atoms with E-state index < -0.39 is 0 Å². The standard InChI is InChI=1S/C10H8N4O/c11-10-8(4-12-14-10)6-2-1-3-9-7(6)5-13-15-9/h1-5H,(H3,11,12,14). The fourth-order valence-electron chi connectivity index (χ4n) is 1.64. The Labute approximate surface area is 84.9 Å². The molecule has 0 saturated carbocycles. The number of aromatic amines is 1. The van der Waals surface area contributed by atoms with Crippen molar-refractivity contribution in [3.05, 3.63) is 30.6 Å². The van der Waals surface area contributed by atoms with Gasteiger partial charge in [0.05, 0.1) is 12.4 Å². The van der Waals surface area contributed by atoms with Crippen LogP contribution in [-0.2, 0) is 0 Å². The Kier molecular flexibility index (Phi) is 1.53. The van der Waals surface area contributed by atoms with Crippen LogP contribution in [0.5, 0.6) is 0 Å². The minimum absolute atomic E-state index is 0.545. The summed E-state index contributed by atoms with van der Waals surface area (Å²) in [6, 6.07) is 5.72. The molecule has 0 aliphatic carbocycles. The lowest BCUT2D eigenvalue weighted by molar-refractivity contribution is 0.456. The number of aromatic nitrogens is 3. The summed E-state index contributed by atoms with van der Waals surface area (Å²) in [5, 5.41) is 11.3. The molecule has 0 bridgehead atoms. The molecular formula is C10H8N4O. The van der Waals surface area contributed by atoms with E-state index >= 15 is 0 Å².